The Bertz CT molecular complexity index is 519. The minimum atomic E-state index is -0.0874. The molecule has 0 aromatic heterocycles. The van der Waals surface area contributed by atoms with Crippen LogP contribution in [0.5, 0.6) is 5.75 Å². The van der Waals surface area contributed by atoms with Crippen LogP contribution in [-0.2, 0) is 4.79 Å². The van der Waals surface area contributed by atoms with E-state index in [4.69, 9.17) is 4.74 Å². The average molecular weight is 289 g/mol. The van der Waals surface area contributed by atoms with Crippen molar-refractivity contribution >= 4 is 17.4 Å². The normalized spacial score (nSPS) is 15.5. The molecule has 0 spiro atoms. The lowest BCUT2D eigenvalue weighted by molar-refractivity contribution is -0.115. The van der Waals surface area contributed by atoms with Gasteiger partial charge in [-0.05, 0) is 31.0 Å². The SMILES string of the molecule is CCC(=O)Nc1cc(C(=O)C2CCCCC2)ccc1OC. The summed E-state index contributed by atoms with van der Waals surface area (Å²) in [5.41, 5.74) is 1.24. The van der Waals surface area contributed by atoms with Gasteiger partial charge in [0.1, 0.15) is 5.75 Å². The molecule has 21 heavy (non-hydrogen) atoms. The molecule has 114 valence electrons. The fourth-order valence-electron chi connectivity index (χ4n) is 2.80. The van der Waals surface area contributed by atoms with Gasteiger partial charge in [-0.1, -0.05) is 26.2 Å². The molecule has 0 aliphatic heterocycles. The lowest BCUT2D eigenvalue weighted by Gasteiger charge is -2.21. The van der Waals surface area contributed by atoms with E-state index in [2.05, 4.69) is 5.32 Å². The molecule has 1 aliphatic rings. The van der Waals surface area contributed by atoms with Crippen LogP contribution in [0.1, 0.15) is 55.8 Å². The summed E-state index contributed by atoms with van der Waals surface area (Å²) in [4.78, 5) is 24.1. The van der Waals surface area contributed by atoms with E-state index in [-0.39, 0.29) is 17.6 Å². The van der Waals surface area contributed by atoms with Crippen LogP contribution in [0.4, 0.5) is 5.69 Å². The number of anilines is 1. The molecule has 0 unspecified atom stereocenters. The summed E-state index contributed by atoms with van der Waals surface area (Å²) in [6, 6.07) is 5.28. The summed E-state index contributed by atoms with van der Waals surface area (Å²) < 4.78 is 5.24. The number of ether oxygens (including phenoxy) is 1. The molecule has 1 fully saturated rings. The summed E-state index contributed by atoms with van der Waals surface area (Å²) in [5, 5.41) is 2.79. The molecule has 0 saturated heterocycles. The Labute approximate surface area is 125 Å². The molecule has 1 aromatic rings. The molecular formula is C17H23NO3. The Hall–Kier alpha value is -1.84. The summed E-state index contributed by atoms with van der Waals surface area (Å²) in [7, 11) is 1.56. The Morgan fingerprint density at radius 1 is 1.24 bits per heavy atom. The van der Waals surface area contributed by atoms with E-state index in [0.717, 1.165) is 25.7 Å². The second-order valence-corrected chi connectivity index (χ2v) is 5.52. The molecule has 4 nitrogen and oxygen atoms in total. The fraction of sp³-hybridized carbons (Fsp3) is 0.529. The van der Waals surface area contributed by atoms with Crippen molar-refractivity contribution in [3.05, 3.63) is 23.8 Å². The van der Waals surface area contributed by atoms with E-state index in [1.165, 1.54) is 6.42 Å². The maximum atomic E-state index is 12.6. The number of hydrogen-bond donors (Lipinski definition) is 1. The number of nitrogens with one attached hydrogen (secondary N) is 1. The number of amides is 1. The molecule has 4 heteroatoms. The number of carbonyl (C=O) groups is 2. The van der Waals surface area contributed by atoms with Crippen LogP contribution in [0.15, 0.2) is 18.2 Å². The quantitative estimate of drug-likeness (QED) is 0.839. The highest BCUT2D eigenvalue weighted by Gasteiger charge is 2.23. The number of hydrogen-bond acceptors (Lipinski definition) is 3. The van der Waals surface area contributed by atoms with Crippen LogP contribution in [0, 0.1) is 5.92 Å². The molecule has 0 heterocycles. The van der Waals surface area contributed by atoms with Crippen LogP contribution in [0.2, 0.25) is 0 Å². The first kappa shape index (κ1) is 15.5. The van der Waals surface area contributed by atoms with Crippen LogP contribution in [0.25, 0.3) is 0 Å². The van der Waals surface area contributed by atoms with E-state index >= 15 is 0 Å². The molecule has 1 saturated carbocycles. The second kappa shape index (κ2) is 7.25. The van der Waals surface area contributed by atoms with Crippen LogP contribution < -0.4 is 10.1 Å². The number of methoxy groups -OCH3 is 1. The molecule has 1 amide bonds. The van der Waals surface area contributed by atoms with E-state index in [1.807, 2.05) is 0 Å². The number of rotatable bonds is 5. The van der Waals surface area contributed by atoms with Crippen LogP contribution >= 0.6 is 0 Å². The minimum absolute atomic E-state index is 0.0874. The van der Waals surface area contributed by atoms with Gasteiger partial charge in [0.25, 0.3) is 0 Å². The Morgan fingerprint density at radius 3 is 2.57 bits per heavy atom. The van der Waals surface area contributed by atoms with Gasteiger partial charge in [0, 0.05) is 17.9 Å². The predicted octanol–water partition coefficient (Wildman–Crippen LogP) is 3.81. The zero-order valence-electron chi connectivity index (χ0n) is 12.8. The molecule has 1 aromatic carbocycles. The van der Waals surface area contributed by atoms with Gasteiger partial charge >= 0.3 is 0 Å². The summed E-state index contributed by atoms with van der Waals surface area (Å²) >= 11 is 0. The van der Waals surface area contributed by atoms with Crippen molar-refractivity contribution in [2.45, 2.75) is 45.4 Å². The molecule has 1 aliphatic carbocycles. The third-order valence-corrected chi connectivity index (χ3v) is 4.06. The summed E-state index contributed by atoms with van der Waals surface area (Å²) in [5.74, 6) is 0.804. The van der Waals surface area contributed by atoms with Crippen molar-refractivity contribution in [1.82, 2.24) is 0 Å². The number of benzene rings is 1. The van der Waals surface area contributed by atoms with Crippen molar-refractivity contribution in [2.24, 2.45) is 5.92 Å². The fourth-order valence-corrected chi connectivity index (χ4v) is 2.80. The standard InChI is InChI=1S/C17H23NO3/c1-3-16(19)18-14-11-13(9-10-15(14)21-2)17(20)12-7-5-4-6-8-12/h9-12H,3-8H2,1-2H3,(H,18,19). The monoisotopic (exact) mass is 289 g/mol. The molecule has 0 radical (unpaired) electrons. The first-order valence-corrected chi connectivity index (χ1v) is 7.67. The lowest BCUT2D eigenvalue weighted by Crippen LogP contribution is -2.18. The van der Waals surface area contributed by atoms with Gasteiger partial charge in [0.05, 0.1) is 12.8 Å². The highest BCUT2D eigenvalue weighted by Crippen LogP contribution is 2.30. The number of ketones is 1. The van der Waals surface area contributed by atoms with Gasteiger partial charge in [0.15, 0.2) is 5.78 Å². The largest absolute Gasteiger partial charge is 0.495 e. The van der Waals surface area contributed by atoms with E-state index < -0.39 is 0 Å². The van der Waals surface area contributed by atoms with Gasteiger partial charge < -0.3 is 10.1 Å². The topological polar surface area (TPSA) is 55.4 Å². The smallest absolute Gasteiger partial charge is 0.224 e. The third kappa shape index (κ3) is 3.84. The van der Waals surface area contributed by atoms with Gasteiger partial charge in [-0.15, -0.1) is 0 Å². The molecule has 2 rings (SSSR count). The van der Waals surface area contributed by atoms with Crippen molar-refractivity contribution in [1.29, 1.82) is 0 Å². The molecule has 0 bridgehead atoms. The first-order chi connectivity index (χ1) is 10.2. The maximum Gasteiger partial charge on any atom is 0.224 e. The first-order valence-electron chi connectivity index (χ1n) is 7.67. The summed E-state index contributed by atoms with van der Waals surface area (Å²) in [6.45, 7) is 1.79. The third-order valence-electron chi connectivity index (χ3n) is 4.06. The van der Waals surface area contributed by atoms with Gasteiger partial charge in [-0.2, -0.15) is 0 Å². The number of Topliss-reactive ketones (excluding diaryl/α,β-unsaturated/α-hetero) is 1. The van der Waals surface area contributed by atoms with Gasteiger partial charge in [0.2, 0.25) is 5.91 Å². The average Bonchev–Trinajstić information content (AvgIpc) is 2.54. The number of carbonyl (C=O) groups excluding carboxylic acids is 2. The molecule has 1 N–H and O–H groups in total. The second-order valence-electron chi connectivity index (χ2n) is 5.52. The summed E-state index contributed by atoms with van der Waals surface area (Å²) in [6.07, 6.45) is 5.83. The highest BCUT2D eigenvalue weighted by atomic mass is 16.5. The Balaban J connectivity index is 2.21. The molecule has 0 atom stereocenters. The Kier molecular flexibility index (Phi) is 5.37. The van der Waals surface area contributed by atoms with Crippen molar-refractivity contribution in [2.75, 3.05) is 12.4 Å². The maximum absolute atomic E-state index is 12.6. The van der Waals surface area contributed by atoms with E-state index in [0.29, 0.717) is 23.4 Å². The van der Waals surface area contributed by atoms with Gasteiger partial charge in [-0.25, -0.2) is 0 Å². The zero-order valence-corrected chi connectivity index (χ0v) is 12.8. The van der Waals surface area contributed by atoms with E-state index in [1.54, 1.807) is 32.2 Å². The van der Waals surface area contributed by atoms with Crippen LogP contribution in [-0.4, -0.2) is 18.8 Å². The van der Waals surface area contributed by atoms with Crippen LogP contribution in [0.3, 0.4) is 0 Å². The highest BCUT2D eigenvalue weighted by molar-refractivity contribution is 6.00. The van der Waals surface area contributed by atoms with Crippen molar-refractivity contribution in [3.8, 4) is 5.75 Å². The Morgan fingerprint density at radius 2 is 1.95 bits per heavy atom. The predicted molar refractivity (Wildman–Crippen MR) is 82.8 cm³/mol. The van der Waals surface area contributed by atoms with Crippen molar-refractivity contribution < 1.29 is 14.3 Å². The van der Waals surface area contributed by atoms with Crippen molar-refractivity contribution in [3.63, 3.8) is 0 Å². The lowest BCUT2D eigenvalue weighted by atomic mass is 9.84. The van der Waals surface area contributed by atoms with E-state index in [9.17, 15) is 9.59 Å². The zero-order chi connectivity index (χ0) is 15.2. The minimum Gasteiger partial charge on any atom is -0.495 e. The molecular weight excluding hydrogens is 266 g/mol. The van der Waals surface area contributed by atoms with Gasteiger partial charge in [-0.3, -0.25) is 9.59 Å².